The number of nitrogens with zero attached hydrogens (tertiary/aromatic N) is 2. The van der Waals surface area contributed by atoms with Crippen molar-refractivity contribution in [1.82, 2.24) is 9.80 Å². The van der Waals surface area contributed by atoms with Crippen LogP contribution in [0.3, 0.4) is 0 Å². The molecule has 1 fully saturated rings. The van der Waals surface area contributed by atoms with E-state index in [2.05, 4.69) is 9.64 Å². The maximum atomic E-state index is 13.0. The summed E-state index contributed by atoms with van der Waals surface area (Å²) in [6.45, 7) is 5.81. The van der Waals surface area contributed by atoms with Gasteiger partial charge in [0.15, 0.2) is 7.85 Å². The van der Waals surface area contributed by atoms with Crippen molar-refractivity contribution in [2.75, 3.05) is 6.54 Å². The topological polar surface area (TPSA) is 32.8 Å². The predicted octanol–water partition coefficient (Wildman–Crippen LogP) is -1.13. The van der Waals surface area contributed by atoms with Gasteiger partial charge in [-0.3, -0.25) is 0 Å². The summed E-state index contributed by atoms with van der Waals surface area (Å²) >= 11 is 0. The molecule has 3 unspecified atom stereocenters. The second-order valence-electron chi connectivity index (χ2n) is 7.96. The molecule has 3 atom stereocenters. The molecule has 1 rings (SSSR count). The van der Waals surface area contributed by atoms with E-state index in [1.54, 1.807) is 23.5 Å². The van der Waals surface area contributed by atoms with Gasteiger partial charge in [-0.2, -0.15) is 26.3 Å². The van der Waals surface area contributed by atoms with E-state index in [0.29, 0.717) is 0 Å². The average molecular weight is 384 g/mol. The van der Waals surface area contributed by atoms with Crippen LogP contribution in [0, 0.1) is 0 Å². The van der Waals surface area contributed by atoms with Crippen LogP contribution >= 0.6 is 0 Å². The van der Waals surface area contributed by atoms with Crippen molar-refractivity contribution in [1.29, 1.82) is 0 Å². The summed E-state index contributed by atoms with van der Waals surface area (Å²) in [4.78, 5) is 15.3. The summed E-state index contributed by atoms with van der Waals surface area (Å²) < 4.78 is 81.8. The van der Waals surface area contributed by atoms with Crippen molar-refractivity contribution < 1.29 is 35.9 Å². The van der Waals surface area contributed by atoms with Gasteiger partial charge in [0.25, 0.3) is 5.50 Å². The monoisotopic (exact) mass is 384 g/mol. The lowest BCUT2D eigenvalue weighted by molar-refractivity contribution is -0.331. The van der Waals surface area contributed by atoms with E-state index in [9.17, 15) is 31.1 Å². The molecule has 1 aliphatic rings. The smallest absolute Gasteiger partial charge is 0.428 e. The number of carbonyl (C=O) groups excluding carboxylic acids is 1. The van der Waals surface area contributed by atoms with Gasteiger partial charge in [0.2, 0.25) is 0 Å². The molecule has 1 heterocycles. The number of piperazine rings is 1. The Bertz CT molecular complexity index is 525. The quantitative estimate of drug-likeness (QED) is 0.424. The molecule has 0 aromatic rings. The number of carbonyl (C=O) groups is 1. The van der Waals surface area contributed by atoms with E-state index in [1.807, 2.05) is 20.8 Å². The summed E-state index contributed by atoms with van der Waals surface area (Å²) in [6.07, 6.45) is -13.2. The fourth-order valence-electron chi connectivity index (χ4n) is 3.46. The molecule has 0 aromatic carbocycles. The van der Waals surface area contributed by atoms with Gasteiger partial charge in [0, 0.05) is 18.0 Å². The van der Waals surface area contributed by atoms with Crippen molar-refractivity contribution in [3.63, 3.8) is 0 Å². The molecule has 1 amide bonds. The molecular formula is C12H22B4F6N2O2. The summed E-state index contributed by atoms with van der Waals surface area (Å²) in [5.41, 5.74) is -4.85. The van der Waals surface area contributed by atoms with Gasteiger partial charge in [-0.1, -0.05) is 0 Å². The van der Waals surface area contributed by atoms with E-state index in [4.69, 9.17) is 0 Å². The summed E-state index contributed by atoms with van der Waals surface area (Å²) in [5, 5.41) is 0. The highest BCUT2D eigenvalue weighted by Crippen LogP contribution is 2.44. The van der Waals surface area contributed by atoms with Gasteiger partial charge in [-0.05, 0) is 32.7 Å². The van der Waals surface area contributed by atoms with Crippen LogP contribution in [-0.2, 0) is 4.74 Å². The minimum absolute atomic E-state index is 0.0343. The van der Waals surface area contributed by atoms with E-state index in [0.717, 1.165) is 4.90 Å². The molecule has 14 heteroatoms. The Kier molecular flexibility index (Phi) is 6.14. The Morgan fingerprint density at radius 1 is 0.962 bits per heavy atom. The van der Waals surface area contributed by atoms with Crippen molar-refractivity contribution in [3.05, 3.63) is 0 Å². The van der Waals surface area contributed by atoms with Crippen LogP contribution in [0.15, 0.2) is 0 Å². The molecule has 0 radical (unpaired) electrons. The van der Waals surface area contributed by atoms with Gasteiger partial charge >= 0.3 is 18.4 Å². The maximum absolute atomic E-state index is 13.0. The number of alkyl halides is 6. The number of halogens is 6. The fraction of sp³-hybridized carbons (Fsp3) is 0.917. The molecule has 0 aromatic heterocycles. The van der Waals surface area contributed by atoms with Gasteiger partial charge < -0.3 is 14.5 Å². The molecule has 26 heavy (non-hydrogen) atoms. The summed E-state index contributed by atoms with van der Waals surface area (Å²) in [5.74, 6) is -1.17. The van der Waals surface area contributed by atoms with E-state index < -0.39 is 29.9 Å². The van der Waals surface area contributed by atoms with Crippen molar-refractivity contribution >= 4 is 37.5 Å². The Morgan fingerprint density at radius 2 is 1.38 bits per heavy atom. The largest absolute Gasteiger partial charge is 0.433 e. The summed E-state index contributed by atoms with van der Waals surface area (Å²) in [7, 11) is 4.95. The fourth-order valence-corrected chi connectivity index (χ4v) is 3.46. The van der Waals surface area contributed by atoms with Gasteiger partial charge in [-0.15, -0.1) is 0 Å². The molecule has 0 aliphatic carbocycles. The van der Waals surface area contributed by atoms with Crippen molar-refractivity contribution in [3.8, 4) is 0 Å². The standard InChI is InChI=1S/C12H22B4F6N2O2/c1-9(2,3)24-5(13)4-23(6(14)7(24)15)8(25)26-10(16,11(17,18)19)12(20,21)22/h5-7H,4,13-16H2,1-3H3. The molecule has 1 aliphatic heterocycles. The zero-order chi connectivity index (χ0) is 20.9. The van der Waals surface area contributed by atoms with Crippen LogP contribution in [0.2, 0.25) is 0 Å². The van der Waals surface area contributed by atoms with Crippen LogP contribution in [0.25, 0.3) is 0 Å². The molecule has 1 saturated heterocycles. The highest BCUT2D eigenvalue weighted by Gasteiger charge is 2.71. The number of ether oxygens (including phenoxy) is 1. The highest BCUT2D eigenvalue weighted by atomic mass is 19.4. The number of hydrogen-bond acceptors (Lipinski definition) is 3. The zero-order valence-electron chi connectivity index (χ0n) is 15.9. The first-order valence-electron chi connectivity index (χ1n) is 8.26. The average Bonchev–Trinajstić information content (AvgIpc) is 2.38. The SMILES string of the molecule is BC1C(B)N(C(C)(C)C)C(B)CN1C(=O)OC(B)(C(F)(F)F)C(F)(F)F. The van der Waals surface area contributed by atoms with E-state index in [1.165, 1.54) is 0 Å². The highest BCUT2D eigenvalue weighted by molar-refractivity contribution is 6.23. The Hall–Kier alpha value is -0.930. The first-order chi connectivity index (χ1) is 11.3. The molecule has 0 saturated carbocycles. The van der Waals surface area contributed by atoms with E-state index in [-0.39, 0.29) is 31.8 Å². The Morgan fingerprint density at radius 3 is 1.73 bits per heavy atom. The molecule has 146 valence electrons. The lowest BCUT2D eigenvalue weighted by Gasteiger charge is -2.54. The van der Waals surface area contributed by atoms with E-state index >= 15 is 0 Å². The number of amides is 1. The van der Waals surface area contributed by atoms with Gasteiger partial charge in [-0.25, -0.2) is 4.79 Å². The van der Waals surface area contributed by atoms with Crippen LogP contribution in [0.1, 0.15) is 20.8 Å². The van der Waals surface area contributed by atoms with Gasteiger partial charge in [0.05, 0.1) is 0 Å². The first-order valence-corrected chi connectivity index (χ1v) is 8.26. The summed E-state index contributed by atoms with van der Waals surface area (Å²) in [6, 6.07) is 0. The van der Waals surface area contributed by atoms with Crippen LogP contribution < -0.4 is 0 Å². The Labute approximate surface area is 152 Å². The maximum Gasteiger partial charge on any atom is 0.428 e. The third kappa shape index (κ3) is 4.14. The molecule has 0 spiro atoms. The lowest BCUT2D eigenvalue weighted by atomic mass is 9.69. The minimum Gasteiger partial charge on any atom is -0.433 e. The third-order valence-electron chi connectivity index (χ3n) is 4.95. The molecule has 0 N–H and O–H groups in total. The number of rotatable bonds is 1. The number of hydrogen-bond donors (Lipinski definition) is 0. The third-order valence-corrected chi connectivity index (χ3v) is 4.95. The molecule has 0 bridgehead atoms. The van der Waals surface area contributed by atoms with Crippen molar-refractivity contribution in [2.24, 2.45) is 0 Å². The van der Waals surface area contributed by atoms with Gasteiger partial charge in [0.1, 0.15) is 23.5 Å². The lowest BCUT2D eigenvalue weighted by Crippen LogP contribution is -2.71. The normalized spacial score (nSPS) is 26.7. The molecule has 4 nitrogen and oxygen atoms in total. The van der Waals surface area contributed by atoms with Crippen LogP contribution in [0.5, 0.6) is 0 Å². The second kappa shape index (κ2) is 6.91. The molecular weight excluding hydrogens is 361 g/mol. The second-order valence-corrected chi connectivity index (χ2v) is 7.96. The van der Waals surface area contributed by atoms with Crippen LogP contribution in [0.4, 0.5) is 31.1 Å². The first kappa shape index (κ1) is 23.1. The Balaban J connectivity index is 3.11. The van der Waals surface area contributed by atoms with Crippen molar-refractivity contribution in [2.45, 2.75) is 62.0 Å². The minimum atomic E-state index is -5.78. The predicted molar refractivity (Wildman–Crippen MR) is 95.2 cm³/mol. The van der Waals surface area contributed by atoms with Crippen LogP contribution in [-0.4, -0.2) is 95.0 Å². The zero-order valence-corrected chi connectivity index (χ0v) is 15.9.